The Morgan fingerprint density at radius 2 is 1.62 bits per heavy atom. The second-order valence-electron chi connectivity index (χ2n) is 4.41. The van der Waals surface area contributed by atoms with Crippen LogP contribution in [0.25, 0.3) is 0 Å². The highest BCUT2D eigenvalue weighted by atomic mass is 19.1. The van der Waals surface area contributed by atoms with Crippen molar-refractivity contribution in [2.75, 3.05) is 5.32 Å². The van der Waals surface area contributed by atoms with Crippen molar-refractivity contribution in [2.45, 2.75) is 6.92 Å². The Bertz CT molecular complexity index is 729. The average molecular weight is 291 g/mol. The van der Waals surface area contributed by atoms with E-state index in [0.717, 1.165) is 24.3 Å². The summed E-state index contributed by atoms with van der Waals surface area (Å²) in [7, 11) is 0. The summed E-state index contributed by atoms with van der Waals surface area (Å²) in [5.74, 6) is -3.15. The molecule has 0 spiro atoms. The van der Waals surface area contributed by atoms with Crippen molar-refractivity contribution in [1.29, 1.82) is 0 Å². The van der Waals surface area contributed by atoms with Crippen LogP contribution >= 0.6 is 0 Å². The van der Waals surface area contributed by atoms with Crippen molar-refractivity contribution in [3.63, 3.8) is 0 Å². The molecular formula is C15H11F2NO3. The maximum absolute atomic E-state index is 13.1. The van der Waals surface area contributed by atoms with Gasteiger partial charge in [-0.3, -0.25) is 4.79 Å². The second-order valence-corrected chi connectivity index (χ2v) is 4.41. The summed E-state index contributed by atoms with van der Waals surface area (Å²) in [6.07, 6.45) is 0. The van der Waals surface area contributed by atoms with E-state index in [-0.39, 0.29) is 16.8 Å². The van der Waals surface area contributed by atoms with E-state index in [4.69, 9.17) is 5.11 Å². The molecular weight excluding hydrogens is 280 g/mol. The molecule has 0 fully saturated rings. The van der Waals surface area contributed by atoms with Gasteiger partial charge in [0.25, 0.3) is 5.91 Å². The number of carboxylic acid groups (broad SMARTS) is 1. The minimum Gasteiger partial charge on any atom is -0.478 e. The van der Waals surface area contributed by atoms with Crippen LogP contribution in [-0.2, 0) is 0 Å². The van der Waals surface area contributed by atoms with E-state index in [2.05, 4.69) is 5.32 Å². The molecule has 0 aliphatic rings. The molecule has 0 atom stereocenters. The number of halogens is 2. The number of anilines is 1. The van der Waals surface area contributed by atoms with Gasteiger partial charge in [0.1, 0.15) is 11.6 Å². The first kappa shape index (κ1) is 14.6. The molecule has 0 aliphatic heterocycles. The lowest BCUT2D eigenvalue weighted by Crippen LogP contribution is -2.16. The largest absolute Gasteiger partial charge is 0.478 e. The minimum atomic E-state index is -1.36. The highest BCUT2D eigenvalue weighted by Crippen LogP contribution is 2.19. The number of hydrogen-bond acceptors (Lipinski definition) is 2. The van der Waals surface area contributed by atoms with Crippen LogP contribution < -0.4 is 5.32 Å². The Morgan fingerprint density at radius 3 is 2.24 bits per heavy atom. The smallest absolute Gasteiger partial charge is 0.337 e. The summed E-state index contributed by atoms with van der Waals surface area (Å²) in [6.45, 7) is 1.56. The SMILES string of the molecule is Cc1cc(F)ccc1C(=O)Nc1ccc(F)cc1C(=O)O. The van der Waals surface area contributed by atoms with Crippen molar-refractivity contribution in [3.05, 3.63) is 64.7 Å². The molecule has 0 unspecified atom stereocenters. The van der Waals surface area contributed by atoms with Gasteiger partial charge in [0.15, 0.2) is 0 Å². The van der Waals surface area contributed by atoms with Crippen LogP contribution in [0.3, 0.4) is 0 Å². The first-order valence-corrected chi connectivity index (χ1v) is 5.99. The van der Waals surface area contributed by atoms with Gasteiger partial charge in [-0.15, -0.1) is 0 Å². The van der Waals surface area contributed by atoms with E-state index in [1.165, 1.54) is 12.1 Å². The van der Waals surface area contributed by atoms with E-state index < -0.39 is 23.5 Å². The van der Waals surface area contributed by atoms with Gasteiger partial charge in [0.2, 0.25) is 0 Å². The Balaban J connectivity index is 2.34. The van der Waals surface area contributed by atoms with Gasteiger partial charge in [0.05, 0.1) is 11.3 Å². The number of amides is 1. The molecule has 2 N–H and O–H groups in total. The van der Waals surface area contributed by atoms with Crippen molar-refractivity contribution >= 4 is 17.6 Å². The molecule has 2 aromatic rings. The van der Waals surface area contributed by atoms with Crippen LogP contribution in [0.2, 0.25) is 0 Å². The standard InChI is InChI=1S/C15H11F2NO3/c1-8-6-9(16)2-4-11(8)14(19)18-13-5-3-10(17)7-12(13)15(20)21/h2-7H,1H3,(H,18,19)(H,20,21). The first-order valence-electron chi connectivity index (χ1n) is 5.99. The third-order valence-corrected chi connectivity index (χ3v) is 2.89. The Labute approximate surface area is 119 Å². The normalized spacial score (nSPS) is 10.2. The fourth-order valence-corrected chi connectivity index (χ4v) is 1.87. The Hall–Kier alpha value is -2.76. The van der Waals surface area contributed by atoms with Crippen LogP contribution in [0.1, 0.15) is 26.3 Å². The number of hydrogen-bond donors (Lipinski definition) is 2. The van der Waals surface area contributed by atoms with Gasteiger partial charge in [-0.25, -0.2) is 13.6 Å². The van der Waals surface area contributed by atoms with Crippen LogP contribution in [0.15, 0.2) is 36.4 Å². The number of rotatable bonds is 3. The molecule has 0 radical (unpaired) electrons. The summed E-state index contributed by atoms with van der Waals surface area (Å²) in [5, 5.41) is 11.4. The summed E-state index contributed by atoms with van der Waals surface area (Å²) >= 11 is 0. The highest BCUT2D eigenvalue weighted by molar-refractivity contribution is 6.08. The lowest BCUT2D eigenvalue weighted by molar-refractivity contribution is 0.0697. The molecule has 108 valence electrons. The quantitative estimate of drug-likeness (QED) is 0.912. The number of benzene rings is 2. The molecule has 0 bridgehead atoms. The Kier molecular flexibility index (Phi) is 3.98. The number of aryl methyl sites for hydroxylation is 1. The molecule has 0 aliphatic carbocycles. The summed E-state index contributed by atoms with van der Waals surface area (Å²) < 4.78 is 26.1. The zero-order chi connectivity index (χ0) is 15.6. The average Bonchev–Trinajstić information content (AvgIpc) is 2.40. The molecule has 1 amide bonds. The third kappa shape index (κ3) is 3.22. The lowest BCUT2D eigenvalue weighted by Gasteiger charge is -2.10. The zero-order valence-corrected chi connectivity index (χ0v) is 11.0. The zero-order valence-electron chi connectivity index (χ0n) is 11.0. The van der Waals surface area contributed by atoms with E-state index in [1.807, 2.05) is 0 Å². The van der Waals surface area contributed by atoms with E-state index in [0.29, 0.717) is 5.56 Å². The van der Waals surface area contributed by atoms with E-state index in [9.17, 15) is 18.4 Å². The second kappa shape index (κ2) is 5.70. The molecule has 4 nitrogen and oxygen atoms in total. The van der Waals surface area contributed by atoms with Gasteiger partial charge in [0, 0.05) is 5.56 Å². The maximum atomic E-state index is 13.1. The van der Waals surface area contributed by atoms with Crippen molar-refractivity contribution in [3.8, 4) is 0 Å². The maximum Gasteiger partial charge on any atom is 0.337 e. The summed E-state index contributed by atoms with van der Waals surface area (Å²) in [6, 6.07) is 6.64. The summed E-state index contributed by atoms with van der Waals surface area (Å²) in [4.78, 5) is 23.1. The molecule has 2 rings (SSSR count). The molecule has 0 saturated carbocycles. The van der Waals surface area contributed by atoms with Crippen LogP contribution in [0.5, 0.6) is 0 Å². The van der Waals surface area contributed by atoms with E-state index >= 15 is 0 Å². The van der Waals surface area contributed by atoms with Gasteiger partial charge < -0.3 is 10.4 Å². The van der Waals surface area contributed by atoms with Crippen LogP contribution in [0.4, 0.5) is 14.5 Å². The number of carboxylic acids is 1. The van der Waals surface area contributed by atoms with Crippen LogP contribution in [0, 0.1) is 18.6 Å². The number of nitrogens with one attached hydrogen (secondary N) is 1. The van der Waals surface area contributed by atoms with E-state index in [1.54, 1.807) is 6.92 Å². The molecule has 21 heavy (non-hydrogen) atoms. The van der Waals surface area contributed by atoms with Crippen molar-refractivity contribution < 1.29 is 23.5 Å². The Morgan fingerprint density at radius 1 is 1.00 bits per heavy atom. The fraction of sp³-hybridized carbons (Fsp3) is 0.0667. The molecule has 0 aromatic heterocycles. The fourth-order valence-electron chi connectivity index (χ4n) is 1.87. The number of carbonyl (C=O) groups excluding carboxylic acids is 1. The monoisotopic (exact) mass is 291 g/mol. The third-order valence-electron chi connectivity index (χ3n) is 2.89. The topological polar surface area (TPSA) is 66.4 Å². The first-order chi connectivity index (χ1) is 9.88. The lowest BCUT2D eigenvalue weighted by atomic mass is 10.1. The highest BCUT2D eigenvalue weighted by Gasteiger charge is 2.16. The summed E-state index contributed by atoms with van der Waals surface area (Å²) in [5.41, 5.74) is 0.226. The molecule has 2 aromatic carbocycles. The number of aromatic carboxylic acids is 1. The van der Waals surface area contributed by atoms with Gasteiger partial charge in [-0.2, -0.15) is 0 Å². The molecule has 0 heterocycles. The van der Waals surface area contributed by atoms with Crippen LogP contribution in [-0.4, -0.2) is 17.0 Å². The predicted molar refractivity (Wildman–Crippen MR) is 72.4 cm³/mol. The van der Waals surface area contributed by atoms with Gasteiger partial charge in [-0.05, 0) is 48.9 Å². The predicted octanol–water partition coefficient (Wildman–Crippen LogP) is 3.22. The minimum absolute atomic E-state index is 0.0300. The number of carbonyl (C=O) groups is 2. The molecule has 0 saturated heterocycles. The van der Waals surface area contributed by atoms with Gasteiger partial charge >= 0.3 is 5.97 Å². The van der Waals surface area contributed by atoms with Crippen molar-refractivity contribution in [2.24, 2.45) is 0 Å². The van der Waals surface area contributed by atoms with Crippen molar-refractivity contribution in [1.82, 2.24) is 0 Å². The van der Waals surface area contributed by atoms with Gasteiger partial charge in [-0.1, -0.05) is 0 Å². The molecule has 6 heteroatoms.